The summed E-state index contributed by atoms with van der Waals surface area (Å²) in [6, 6.07) is 8.98. The Balaban J connectivity index is 1.88. The van der Waals surface area contributed by atoms with Crippen molar-refractivity contribution in [2.45, 2.75) is 31.4 Å². The average Bonchev–Trinajstić information content (AvgIpc) is 3.14. The van der Waals surface area contributed by atoms with E-state index in [1.165, 1.54) is 4.57 Å². The number of carbonyl (C=O) groups is 1. The van der Waals surface area contributed by atoms with Crippen LogP contribution in [-0.2, 0) is 11.8 Å². The van der Waals surface area contributed by atoms with Crippen LogP contribution in [0.3, 0.4) is 0 Å². The van der Waals surface area contributed by atoms with E-state index >= 15 is 0 Å². The fourth-order valence-corrected chi connectivity index (χ4v) is 4.81. The molecule has 3 heterocycles. The Morgan fingerprint density at radius 3 is 2.52 bits per heavy atom. The van der Waals surface area contributed by atoms with Crippen molar-refractivity contribution < 1.29 is 4.79 Å². The zero-order chi connectivity index (χ0) is 20.9. The number of halogens is 2. The highest BCUT2D eigenvalue weighted by Crippen LogP contribution is 2.45. The molecule has 0 saturated carbocycles. The van der Waals surface area contributed by atoms with Crippen molar-refractivity contribution in [3.63, 3.8) is 0 Å². The van der Waals surface area contributed by atoms with E-state index in [0.717, 1.165) is 24.2 Å². The van der Waals surface area contributed by atoms with Crippen LogP contribution in [0.25, 0.3) is 0 Å². The molecule has 2 atom stereocenters. The van der Waals surface area contributed by atoms with Gasteiger partial charge in [0.25, 0.3) is 11.5 Å². The molecule has 2 aliphatic rings. The van der Waals surface area contributed by atoms with Gasteiger partial charge in [-0.1, -0.05) is 30.7 Å². The summed E-state index contributed by atoms with van der Waals surface area (Å²) in [6.45, 7) is 4.60. The lowest BCUT2D eigenvalue weighted by molar-refractivity contribution is -0.116. The van der Waals surface area contributed by atoms with Crippen molar-refractivity contribution in [1.29, 1.82) is 0 Å². The predicted octanol–water partition coefficient (Wildman–Crippen LogP) is 3.64. The summed E-state index contributed by atoms with van der Waals surface area (Å²) in [4.78, 5) is 29.6. The number of aromatic nitrogens is 1. The highest BCUT2D eigenvalue weighted by Gasteiger charge is 2.48. The Morgan fingerprint density at radius 2 is 1.90 bits per heavy atom. The van der Waals surface area contributed by atoms with E-state index in [4.69, 9.17) is 11.6 Å². The molecule has 29 heavy (non-hydrogen) atoms. The highest BCUT2D eigenvalue weighted by atomic mass is 79.9. The summed E-state index contributed by atoms with van der Waals surface area (Å²) in [5.41, 5.74) is 3.68. The average molecular weight is 478 g/mol. The summed E-state index contributed by atoms with van der Waals surface area (Å²) >= 11 is 9.74. The SMILES string of the molecule is CCCN1C2=C(NC1Br)C(c1ccc(Cl)cc1)N(c1cc(C)c(=O)n(C)c1)C2=O. The number of aryl methyl sites for hydroxylation is 2. The molecule has 0 saturated heterocycles. The van der Waals surface area contributed by atoms with E-state index in [0.29, 0.717) is 22.0 Å². The molecule has 0 aliphatic carbocycles. The number of nitrogens with one attached hydrogen (secondary N) is 1. The van der Waals surface area contributed by atoms with Crippen LogP contribution in [-0.4, -0.2) is 27.0 Å². The molecule has 0 radical (unpaired) electrons. The number of hydrogen-bond donors (Lipinski definition) is 1. The number of carbonyl (C=O) groups excluding carboxylic acids is 1. The van der Waals surface area contributed by atoms with Gasteiger partial charge < -0.3 is 14.8 Å². The van der Waals surface area contributed by atoms with Crippen LogP contribution in [0.1, 0.15) is 30.5 Å². The van der Waals surface area contributed by atoms with Gasteiger partial charge >= 0.3 is 0 Å². The van der Waals surface area contributed by atoms with Crippen LogP contribution in [0.15, 0.2) is 52.7 Å². The molecule has 0 bridgehead atoms. The van der Waals surface area contributed by atoms with Gasteiger partial charge in [-0.25, -0.2) is 0 Å². The molecule has 4 rings (SSSR count). The summed E-state index contributed by atoms with van der Waals surface area (Å²) in [5.74, 6) is -0.0825. The third-order valence-corrected chi connectivity index (χ3v) is 6.30. The van der Waals surface area contributed by atoms with Gasteiger partial charge in [-0.05, 0) is 53.0 Å². The van der Waals surface area contributed by atoms with Gasteiger partial charge in [0.2, 0.25) is 0 Å². The van der Waals surface area contributed by atoms with Crippen LogP contribution < -0.4 is 15.8 Å². The molecular weight excluding hydrogens is 456 g/mol. The van der Waals surface area contributed by atoms with Crippen molar-refractivity contribution in [3.05, 3.63) is 74.4 Å². The van der Waals surface area contributed by atoms with E-state index < -0.39 is 0 Å². The second-order valence-electron chi connectivity index (χ2n) is 7.36. The van der Waals surface area contributed by atoms with Crippen molar-refractivity contribution in [2.24, 2.45) is 7.05 Å². The third-order valence-electron chi connectivity index (χ3n) is 5.32. The monoisotopic (exact) mass is 476 g/mol. The number of rotatable bonds is 4. The maximum absolute atomic E-state index is 13.6. The van der Waals surface area contributed by atoms with Gasteiger partial charge in [0.15, 0.2) is 5.08 Å². The largest absolute Gasteiger partial charge is 0.356 e. The lowest BCUT2D eigenvalue weighted by atomic mass is 10.0. The first-order chi connectivity index (χ1) is 13.8. The Hall–Kier alpha value is -2.25. The minimum absolute atomic E-state index is 0.0739. The second kappa shape index (κ2) is 7.54. The van der Waals surface area contributed by atoms with E-state index in [1.807, 2.05) is 24.3 Å². The summed E-state index contributed by atoms with van der Waals surface area (Å²) in [7, 11) is 1.70. The van der Waals surface area contributed by atoms with E-state index in [2.05, 4.69) is 33.1 Å². The minimum Gasteiger partial charge on any atom is -0.356 e. The van der Waals surface area contributed by atoms with Crippen molar-refractivity contribution >= 4 is 39.1 Å². The fourth-order valence-electron chi connectivity index (χ4n) is 4.03. The number of hydrogen-bond acceptors (Lipinski definition) is 4. The molecular formula is C21H22BrClN4O2. The van der Waals surface area contributed by atoms with E-state index in [-0.39, 0.29) is 22.6 Å². The van der Waals surface area contributed by atoms with Crippen LogP contribution in [0.5, 0.6) is 0 Å². The topological polar surface area (TPSA) is 57.6 Å². The zero-order valence-corrected chi connectivity index (χ0v) is 18.8. The molecule has 1 amide bonds. The molecule has 1 aromatic heterocycles. The number of nitrogens with zero attached hydrogens (tertiary/aromatic N) is 3. The Bertz CT molecular complexity index is 1040. The molecule has 152 valence electrons. The van der Waals surface area contributed by atoms with Gasteiger partial charge in [-0.2, -0.15) is 0 Å². The molecule has 2 aromatic rings. The Morgan fingerprint density at radius 1 is 1.21 bits per heavy atom. The molecule has 1 N–H and O–H groups in total. The van der Waals surface area contributed by atoms with E-state index in [9.17, 15) is 9.59 Å². The standard InChI is InChI=1S/C21H22BrClN4O2/c1-4-9-26-18-16(24-21(26)22)17(13-5-7-14(23)8-6-13)27(20(18)29)15-10-12(2)19(28)25(3)11-15/h5-8,10-11,17,21,24H,4,9H2,1-3H3. The molecule has 1 aromatic carbocycles. The first kappa shape index (κ1) is 20.0. The molecule has 0 spiro atoms. The molecule has 2 aliphatic heterocycles. The Kier molecular flexibility index (Phi) is 5.21. The zero-order valence-electron chi connectivity index (χ0n) is 16.4. The van der Waals surface area contributed by atoms with Crippen molar-refractivity contribution in [2.75, 3.05) is 11.4 Å². The normalized spacial score (nSPS) is 21.1. The number of pyridine rings is 1. The smallest absolute Gasteiger partial charge is 0.277 e. The van der Waals surface area contributed by atoms with Gasteiger partial charge in [0, 0.05) is 30.4 Å². The van der Waals surface area contributed by atoms with Crippen LogP contribution in [0.4, 0.5) is 5.69 Å². The van der Waals surface area contributed by atoms with Crippen LogP contribution >= 0.6 is 27.5 Å². The highest BCUT2D eigenvalue weighted by molar-refractivity contribution is 9.09. The maximum atomic E-state index is 13.6. The fraction of sp³-hybridized carbons (Fsp3) is 0.333. The number of amides is 1. The number of alkyl halides is 1. The van der Waals surface area contributed by atoms with E-state index in [1.54, 1.807) is 31.1 Å². The van der Waals surface area contributed by atoms with Crippen molar-refractivity contribution in [3.8, 4) is 0 Å². The number of anilines is 1. The van der Waals surface area contributed by atoms with Gasteiger partial charge in [0.05, 0.1) is 11.4 Å². The lowest BCUT2D eigenvalue weighted by Gasteiger charge is -2.32. The molecule has 0 fully saturated rings. The summed E-state index contributed by atoms with van der Waals surface area (Å²) in [6.07, 6.45) is 2.63. The lowest BCUT2D eigenvalue weighted by Crippen LogP contribution is -2.42. The second-order valence-corrected chi connectivity index (χ2v) is 8.67. The van der Waals surface area contributed by atoms with Gasteiger partial charge in [0.1, 0.15) is 11.7 Å². The molecule has 6 nitrogen and oxygen atoms in total. The Labute approximate surface area is 182 Å². The summed E-state index contributed by atoms with van der Waals surface area (Å²) < 4.78 is 1.52. The van der Waals surface area contributed by atoms with Crippen LogP contribution in [0.2, 0.25) is 5.02 Å². The van der Waals surface area contributed by atoms with Crippen LogP contribution in [0, 0.1) is 6.92 Å². The maximum Gasteiger partial charge on any atom is 0.277 e. The number of benzene rings is 1. The molecule has 2 unspecified atom stereocenters. The first-order valence-electron chi connectivity index (χ1n) is 9.51. The van der Waals surface area contributed by atoms with Crippen molar-refractivity contribution in [1.82, 2.24) is 14.8 Å². The predicted molar refractivity (Wildman–Crippen MR) is 118 cm³/mol. The summed E-state index contributed by atoms with van der Waals surface area (Å²) in [5, 5.41) is 3.95. The first-order valence-corrected chi connectivity index (χ1v) is 10.8. The minimum atomic E-state index is -0.325. The third kappa shape index (κ3) is 3.26. The van der Waals surface area contributed by atoms with Gasteiger partial charge in [-0.15, -0.1) is 0 Å². The van der Waals surface area contributed by atoms with Gasteiger partial charge in [-0.3, -0.25) is 14.5 Å². The molecule has 8 heteroatoms. The quantitative estimate of drug-likeness (QED) is 0.540.